The Balaban J connectivity index is 1.52. The predicted octanol–water partition coefficient (Wildman–Crippen LogP) is 5.02. The molecule has 3 rings (SSSR count). The van der Waals surface area contributed by atoms with Crippen molar-refractivity contribution >= 4 is 40.7 Å². The average Bonchev–Trinajstić information content (AvgIpc) is 3.37. The third-order valence-electron chi connectivity index (χ3n) is 5.20. The van der Waals surface area contributed by atoms with Gasteiger partial charge in [-0.15, -0.1) is 11.3 Å². The van der Waals surface area contributed by atoms with Crippen molar-refractivity contribution in [2.75, 3.05) is 13.7 Å². The number of hydrogen-bond donors (Lipinski definition) is 0. The number of hydrogen-bond acceptors (Lipinski definition) is 7. The summed E-state index contributed by atoms with van der Waals surface area (Å²) in [5, 5.41) is 0.472. The van der Waals surface area contributed by atoms with Crippen LogP contribution in [-0.4, -0.2) is 31.4 Å². The molecule has 1 aliphatic rings. The number of esters is 2. The molecule has 0 aliphatic heterocycles. The van der Waals surface area contributed by atoms with Crippen LogP contribution in [0.15, 0.2) is 42.5 Å². The van der Waals surface area contributed by atoms with Gasteiger partial charge in [0.2, 0.25) is 0 Å². The molecule has 0 bridgehead atoms. The molecule has 170 valence electrons. The molecule has 1 aromatic heterocycles. The summed E-state index contributed by atoms with van der Waals surface area (Å²) in [5.41, 5.74) is 0.720. The first-order chi connectivity index (χ1) is 15.4. The molecule has 0 amide bonds. The molecule has 0 radical (unpaired) electrons. The van der Waals surface area contributed by atoms with Crippen molar-refractivity contribution in [3.8, 4) is 5.75 Å². The van der Waals surface area contributed by atoms with E-state index in [1.807, 2.05) is 12.1 Å². The van der Waals surface area contributed by atoms with Crippen LogP contribution >= 0.6 is 22.9 Å². The zero-order valence-electron chi connectivity index (χ0n) is 18.0. The van der Waals surface area contributed by atoms with Crippen LogP contribution < -0.4 is 4.74 Å². The number of ether oxygens (including phenoxy) is 3. The Morgan fingerprint density at radius 3 is 2.75 bits per heavy atom. The molecule has 8 heteroatoms. The van der Waals surface area contributed by atoms with Gasteiger partial charge in [-0.25, -0.2) is 4.79 Å². The maximum atomic E-state index is 12.4. The Morgan fingerprint density at radius 2 is 2.00 bits per heavy atom. The summed E-state index contributed by atoms with van der Waals surface area (Å²) in [6.45, 7) is 1.70. The minimum atomic E-state index is -0.373. The smallest absolute Gasteiger partial charge is 0.348 e. The largest absolute Gasteiger partial charge is 0.493 e. The number of carbonyl (C=O) groups is 3. The molecule has 6 nitrogen and oxygen atoms in total. The molecule has 0 spiro atoms. The first-order valence-corrected chi connectivity index (χ1v) is 11.5. The fourth-order valence-electron chi connectivity index (χ4n) is 3.58. The maximum absolute atomic E-state index is 12.4. The minimum absolute atomic E-state index is 0.0567. The lowest BCUT2D eigenvalue weighted by atomic mass is 9.90. The molecule has 1 heterocycles. The fourth-order valence-corrected chi connectivity index (χ4v) is 4.80. The SMILES string of the molecule is COC(=O)c1ccc(CCC[C@H]2C=CC(=O)[C@@H]2COc2cc(Cl)cc(COC(C)=O)c2)s1. The second kappa shape index (κ2) is 11.3. The van der Waals surface area contributed by atoms with Gasteiger partial charge in [-0.3, -0.25) is 9.59 Å². The van der Waals surface area contributed by atoms with Gasteiger partial charge in [-0.1, -0.05) is 17.7 Å². The van der Waals surface area contributed by atoms with E-state index in [9.17, 15) is 14.4 Å². The summed E-state index contributed by atoms with van der Waals surface area (Å²) in [7, 11) is 1.37. The molecule has 2 aromatic rings. The average molecular weight is 477 g/mol. The van der Waals surface area contributed by atoms with E-state index in [2.05, 4.69) is 0 Å². The number of rotatable bonds is 10. The van der Waals surface area contributed by atoms with Crippen molar-refractivity contribution in [3.05, 3.63) is 62.8 Å². The van der Waals surface area contributed by atoms with E-state index in [0.29, 0.717) is 15.6 Å². The number of allylic oxidation sites excluding steroid dienone is 2. The fraction of sp³-hybridized carbons (Fsp3) is 0.375. The molecule has 0 saturated carbocycles. The Kier molecular flexibility index (Phi) is 8.47. The monoisotopic (exact) mass is 476 g/mol. The van der Waals surface area contributed by atoms with Crippen molar-refractivity contribution in [3.63, 3.8) is 0 Å². The topological polar surface area (TPSA) is 78.9 Å². The Hall–Kier alpha value is -2.64. The molecule has 0 fully saturated rings. The lowest BCUT2D eigenvalue weighted by Gasteiger charge is -2.19. The second-order valence-corrected chi connectivity index (χ2v) is 9.17. The number of aryl methyl sites for hydroxylation is 1. The third-order valence-corrected chi connectivity index (χ3v) is 6.54. The number of thiophene rings is 1. The van der Waals surface area contributed by atoms with E-state index in [1.165, 1.54) is 25.4 Å². The summed E-state index contributed by atoms with van der Waals surface area (Å²) in [6, 6.07) is 8.86. The molecule has 1 aliphatic carbocycles. The molecule has 0 saturated heterocycles. The summed E-state index contributed by atoms with van der Waals surface area (Å²) in [5.74, 6) is -0.253. The van der Waals surface area contributed by atoms with Crippen LogP contribution in [0.5, 0.6) is 5.75 Å². The predicted molar refractivity (Wildman–Crippen MR) is 122 cm³/mol. The zero-order valence-corrected chi connectivity index (χ0v) is 19.5. The quantitative estimate of drug-likeness (QED) is 0.448. The minimum Gasteiger partial charge on any atom is -0.493 e. The van der Waals surface area contributed by atoms with Crippen molar-refractivity contribution in [2.45, 2.75) is 32.8 Å². The van der Waals surface area contributed by atoms with E-state index in [-0.39, 0.29) is 42.8 Å². The van der Waals surface area contributed by atoms with Gasteiger partial charge >= 0.3 is 11.9 Å². The summed E-state index contributed by atoms with van der Waals surface area (Å²) in [6.07, 6.45) is 6.15. The highest BCUT2D eigenvalue weighted by Gasteiger charge is 2.30. The second-order valence-electron chi connectivity index (χ2n) is 7.57. The van der Waals surface area contributed by atoms with Gasteiger partial charge in [-0.2, -0.15) is 0 Å². The van der Waals surface area contributed by atoms with E-state index in [4.69, 9.17) is 25.8 Å². The first kappa shape index (κ1) is 24.0. The molecule has 32 heavy (non-hydrogen) atoms. The van der Waals surface area contributed by atoms with E-state index >= 15 is 0 Å². The van der Waals surface area contributed by atoms with Gasteiger partial charge in [0.1, 0.15) is 17.2 Å². The zero-order chi connectivity index (χ0) is 23.1. The van der Waals surface area contributed by atoms with Crippen LogP contribution in [0.4, 0.5) is 0 Å². The normalized spacial score (nSPS) is 17.4. The molecular formula is C24H25ClO6S. The highest BCUT2D eigenvalue weighted by atomic mass is 35.5. The molecule has 2 atom stereocenters. The first-order valence-electron chi connectivity index (χ1n) is 10.3. The van der Waals surface area contributed by atoms with Crippen LogP contribution in [0.1, 0.15) is 39.9 Å². The van der Waals surface area contributed by atoms with E-state index < -0.39 is 0 Å². The van der Waals surface area contributed by atoms with Crippen LogP contribution in [0, 0.1) is 11.8 Å². The summed E-state index contributed by atoms with van der Waals surface area (Å²) < 4.78 is 15.6. The van der Waals surface area contributed by atoms with Crippen molar-refractivity contribution in [2.24, 2.45) is 11.8 Å². The van der Waals surface area contributed by atoms with Gasteiger partial charge in [-0.05, 0) is 67.2 Å². The lowest BCUT2D eigenvalue weighted by molar-refractivity contribution is -0.142. The van der Waals surface area contributed by atoms with Gasteiger partial charge in [0.15, 0.2) is 5.78 Å². The number of methoxy groups -OCH3 is 1. The van der Waals surface area contributed by atoms with Crippen LogP contribution in [0.3, 0.4) is 0 Å². The Labute approximate surface area is 196 Å². The van der Waals surface area contributed by atoms with Gasteiger partial charge in [0.05, 0.1) is 19.6 Å². The molecule has 0 N–H and O–H groups in total. The van der Waals surface area contributed by atoms with E-state index in [1.54, 1.807) is 30.3 Å². The van der Waals surface area contributed by atoms with Crippen LogP contribution in [0.2, 0.25) is 5.02 Å². The van der Waals surface area contributed by atoms with Gasteiger partial charge in [0.25, 0.3) is 0 Å². The van der Waals surface area contributed by atoms with Gasteiger partial charge < -0.3 is 14.2 Å². The number of halogens is 1. The van der Waals surface area contributed by atoms with E-state index in [0.717, 1.165) is 29.7 Å². The summed E-state index contributed by atoms with van der Waals surface area (Å²) in [4.78, 5) is 36.7. The number of benzene rings is 1. The van der Waals surface area contributed by atoms with Gasteiger partial charge in [0, 0.05) is 16.8 Å². The highest BCUT2D eigenvalue weighted by Crippen LogP contribution is 2.30. The molecular weight excluding hydrogens is 452 g/mol. The summed E-state index contributed by atoms with van der Waals surface area (Å²) >= 11 is 7.58. The Bertz CT molecular complexity index is 1010. The van der Waals surface area contributed by atoms with Crippen molar-refractivity contribution < 1.29 is 28.6 Å². The lowest BCUT2D eigenvalue weighted by Crippen LogP contribution is -2.23. The molecule has 0 unspecified atom stereocenters. The van der Waals surface area contributed by atoms with Crippen molar-refractivity contribution in [1.29, 1.82) is 0 Å². The highest BCUT2D eigenvalue weighted by molar-refractivity contribution is 7.13. The van der Waals surface area contributed by atoms with Crippen LogP contribution in [0.25, 0.3) is 0 Å². The van der Waals surface area contributed by atoms with Crippen LogP contribution in [-0.2, 0) is 32.1 Å². The maximum Gasteiger partial charge on any atom is 0.348 e. The Morgan fingerprint density at radius 1 is 1.19 bits per heavy atom. The standard InChI is InChI=1S/C24H25ClO6S/c1-15(26)30-13-16-10-18(25)12-19(11-16)31-14-21-17(6-8-22(21)27)4-3-5-20-7-9-23(32-20)24(28)29-2/h6-12,17,21H,3-5,13-14H2,1-2H3/t17-,21+/m0/s1. The number of ketones is 1. The molecule has 1 aromatic carbocycles. The number of carbonyl (C=O) groups excluding carboxylic acids is 3. The van der Waals surface area contributed by atoms with Crippen molar-refractivity contribution in [1.82, 2.24) is 0 Å². The third kappa shape index (κ3) is 6.68.